The van der Waals surface area contributed by atoms with Crippen LogP contribution in [0.3, 0.4) is 0 Å². The molecule has 0 saturated carbocycles. The molecule has 0 atom stereocenters. The molecule has 0 radical (unpaired) electrons. The van der Waals surface area contributed by atoms with Crippen LogP contribution in [0.4, 0.5) is 11.4 Å². The first-order chi connectivity index (χ1) is 12.0. The number of anilines is 2. The van der Waals surface area contributed by atoms with Gasteiger partial charge in [-0.15, -0.1) is 0 Å². The van der Waals surface area contributed by atoms with Crippen molar-refractivity contribution in [1.29, 1.82) is 0 Å². The van der Waals surface area contributed by atoms with Gasteiger partial charge in [0.15, 0.2) is 0 Å². The summed E-state index contributed by atoms with van der Waals surface area (Å²) in [7, 11) is 1.56. The largest absolute Gasteiger partial charge is 0.494 e. The molecule has 2 amide bonds. The van der Waals surface area contributed by atoms with E-state index in [4.69, 9.17) is 4.74 Å². The molecule has 5 heteroatoms. The van der Waals surface area contributed by atoms with E-state index in [1.54, 1.807) is 24.1 Å². The van der Waals surface area contributed by atoms with Gasteiger partial charge in [0.25, 0.3) is 5.91 Å². The molecule has 1 N–H and O–H groups in total. The van der Waals surface area contributed by atoms with Crippen LogP contribution in [0, 0.1) is 13.8 Å². The zero-order valence-electron chi connectivity index (χ0n) is 14.8. The number of carbonyl (C=O) groups excluding carboxylic acids is 2. The number of ether oxygens (including phenoxy) is 1. The van der Waals surface area contributed by atoms with Crippen molar-refractivity contribution in [2.24, 2.45) is 0 Å². The Morgan fingerprint density at radius 2 is 1.96 bits per heavy atom. The Hall–Kier alpha value is -2.82. The summed E-state index contributed by atoms with van der Waals surface area (Å²) in [4.78, 5) is 26.2. The number of rotatable bonds is 4. The molecule has 1 saturated heterocycles. The Labute approximate surface area is 147 Å². The lowest BCUT2D eigenvalue weighted by atomic mass is 10.1. The smallest absolute Gasteiger partial charge is 0.255 e. The van der Waals surface area contributed by atoms with Gasteiger partial charge in [0.2, 0.25) is 5.91 Å². The van der Waals surface area contributed by atoms with E-state index in [0.717, 1.165) is 23.2 Å². The quantitative estimate of drug-likeness (QED) is 0.925. The van der Waals surface area contributed by atoms with E-state index >= 15 is 0 Å². The maximum absolute atomic E-state index is 12.5. The number of carbonyl (C=O) groups is 2. The van der Waals surface area contributed by atoms with Gasteiger partial charge in [0, 0.05) is 30.3 Å². The third-order valence-corrected chi connectivity index (χ3v) is 4.43. The molecular formula is C20H22N2O3. The highest BCUT2D eigenvalue weighted by Gasteiger charge is 2.24. The van der Waals surface area contributed by atoms with Gasteiger partial charge in [-0.2, -0.15) is 0 Å². The summed E-state index contributed by atoms with van der Waals surface area (Å²) in [5, 5.41) is 2.90. The van der Waals surface area contributed by atoms with Crippen molar-refractivity contribution in [2.45, 2.75) is 26.7 Å². The molecule has 0 aromatic heterocycles. The van der Waals surface area contributed by atoms with Crippen molar-refractivity contribution in [3.63, 3.8) is 0 Å². The molecule has 1 fully saturated rings. The molecule has 1 heterocycles. The van der Waals surface area contributed by atoms with Crippen LogP contribution in [0.1, 0.15) is 34.3 Å². The van der Waals surface area contributed by atoms with Crippen molar-refractivity contribution in [3.05, 3.63) is 53.1 Å². The van der Waals surface area contributed by atoms with Gasteiger partial charge in [0.1, 0.15) is 5.75 Å². The van der Waals surface area contributed by atoms with Crippen LogP contribution >= 0.6 is 0 Å². The summed E-state index contributed by atoms with van der Waals surface area (Å²) in [6, 6.07) is 11.1. The Morgan fingerprint density at radius 1 is 1.16 bits per heavy atom. The summed E-state index contributed by atoms with van der Waals surface area (Å²) in [5.74, 6) is 0.517. The van der Waals surface area contributed by atoms with Gasteiger partial charge in [-0.1, -0.05) is 17.7 Å². The van der Waals surface area contributed by atoms with Gasteiger partial charge in [-0.3, -0.25) is 9.59 Å². The molecular weight excluding hydrogens is 316 g/mol. The molecule has 130 valence electrons. The number of hydrogen-bond donors (Lipinski definition) is 1. The average Bonchev–Trinajstić information content (AvgIpc) is 3.00. The van der Waals surface area contributed by atoms with Crippen LogP contribution in [-0.4, -0.2) is 25.5 Å². The average molecular weight is 338 g/mol. The molecule has 0 bridgehead atoms. The topological polar surface area (TPSA) is 58.6 Å². The highest BCUT2D eigenvalue weighted by atomic mass is 16.5. The van der Waals surface area contributed by atoms with Crippen LogP contribution in [-0.2, 0) is 4.79 Å². The van der Waals surface area contributed by atoms with E-state index in [9.17, 15) is 9.59 Å². The summed E-state index contributed by atoms with van der Waals surface area (Å²) < 4.78 is 5.43. The van der Waals surface area contributed by atoms with Gasteiger partial charge in [-0.05, 0) is 44.0 Å². The van der Waals surface area contributed by atoms with Gasteiger partial charge in [-0.25, -0.2) is 0 Å². The zero-order valence-corrected chi connectivity index (χ0v) is 14.8. The van der Waals surface area contributed by atoms with Crippen molar-refractivity contribution in [1.82, 2.24) is 0 Å². The molecule has 2 aromatic rings. The lowest BCUT2D eigenvalue weighted by Crippen LogP contribution is -2.24. The number of nitrogens with one attached hydrogen (secondary N) is 1. The first kappa shape index (κ1) is 17.0. The molecule has 3 rings (SSSR count). The first-order valence-electron chi connectivity index (χ1n) is 8.36. The Bertz CT molecular complexity index is 830. The van der Waals surface area contributed by atoms with Crippen LogP contribution in [0.2, 0.25) is 0 Å². The second-order valence-electron chi connectivity index (χ2n) is 6.31. The van der Waals surface area contributed by atoms with Crippen molar-refractivity contribution < 1.29 is 14.3 Å². The predicted molar refractivity (Wildman–Crippen MR) is 98.5 cm³/mol. The standard InChI is InChI=1S/C20H22N2O3/c1-13-6-8-16(14(2)11-13)20(24)21-15-7-9-17(18(12-15)25-3)22-10-4-5-19(22)23/h6-9,11-12H,4-5,10H2,1-3H3,(H,21,24). The molecule has 0 spiro atoms. The summed E-state index contributed by atoms with van der Waals surface area (Å²) >= 11 is 0. The summed E-state index contributed by atoms with van der Waals surface area (Å²) in [6.07, 6.45) is 1.42. The Morgan fingerprint density at radius 3 is 2.60 bits per heavy atom. The molecule has 2 aromatic carbocycles. The van der Waals surface area contributed by atoms with Gasteiger partial charge >= 0.3 is 0 Å². The van der Waals surface area contributed by atoms with E-state index in [1.807, 2.05) is 38.1 Å². The first-order valence-corrected chi connectivity index (χ1v) is 8.36. The van der Waals surface area contributed by atoms with E-state index in [1.165, 1.54) is 0 Å². The highest BCUT2D eigenvalue weighted by molar-refractivity contribution is 6.05. The van der Waals surface area contributed by atoms with Crippen LogP contribution in [0.25, 0.3) is 0 Å². The van der Waals surface area contributed by atoms with Crippen LogP contribution in [0.5, 0.6) is 5.75 Å². The fraction of sp³-hybridized carbons (Fsp3) is 0.300. The minimum atomic E-state index is -0.162. The normalized spacial score (nSPS) is 13.9. The number of amides is 2. The lowest BCUT2D eigenvalue weighted by molar-refractivity contribution is -0.117. The molecule has 1 aliphatic heterocycles. The highest BCUT2D eigenvalue weighted by Crippen LogP contribution is 2.34. The summed E-state index contributed by atoms with van der Waals surface area (Å²) in [6.45, 7) is 4.62. The monoisotopic (exact) mass is 338 g/mol. The number of hydrogen-bond acceptors (Lipinski definition) is 3. The third kappa shape index (κ3) is 3.50. The second kappa shape index (κ2) is 6.97. The van der Waals surface area contributed by atoms with Gasteiger partial charge < -0.3 is 15.0 Å². The number of aryl methyl sites for hydroxylation is 2. The number of nitrogens with zero attached hydrogens (tertiary/aromatic N) is 1. The minimum Gasteiger partial charge on any atom is -0.494 e. The second-order valence-corrected chi connectivity index (χ2v) is 6.31. The number of methoxy groups -OCH3 is 1. The predicted octanol–water partition coefficient (Wildman–Crippen LogP) is 3.69. The zero-order chi connectivity index (χ0) is 18.0. The Kier molecular flexibility index (Phi) is 4.74. The van der Waals surface area contributed by atoms with E-state index in [-0.39, 0.29) is 11.8 Å². The molecule has 0 aliphatic carbocycles. The SMILES string of the molecule is COc1cc(NC(=O)c2ccc(C)cc2C)ccc1N1CCCC1=O. The molecule has 5 nitrogen and oxygen atoms in total. The third-order valence-electron chi connectivity index (χ3n) is 4.43. The van der Waals surface area contributed by atoms with Crippen LogP contribution in [0.15, 0.2) is 36.4 Å². The van der Waals surface area contributed by atoms with E-state index < -0.39 is 0 Å². The van der Waals surface area contributed by atoms with Gasteiger partial charge in [0.05, 0.1) is 12.8 Å². The molecule has 0 unspecified atom stereocenters. The minimum absolute atomic E-state index is 0.102. The summed E-state index contributed by atoms with van der Waals surface area (Å²) in [5.41, 5.74) is 4.08. The molecule has 25 heavy (non-hydrogen) atoms. The maximum atomic E-state index is 12.5. The Balaban J connectivity index is 1.83. The lowest BCUT2D eigenvalue weighted by Gasteiger charge is -2.19. The fourth-order valence-electron chi connectivity index (χ4n) is 3.15. The fourth-order valence-corrected chi connectivity index (χ4v) is 3.15. The number of benzene rings is 2. The van der Waals surface area contributed by atoms with E-state index in [2.05, 4.69) is 5.32 Å². The molecule has 1 aliphatic rings. The maximum Gasteiger partial charge on any atom is 0.255 e. The van der Waals surface area contributed by atoms with Crippen LogP contribution < -0.4 is 15.0 Å². The van der Waals surface area contributed by atoms with Crippen molar-refractivity contribution in [3.8, 4) is 5.75 Å². The van der Waals surface area contributed by atoms with Crippen molar-refractivity contribution >= 4 is 23.2 Å². The van der Waals surface area contributed by atoms with E-state index in [0.29, 0.717) is 30.0 Å². The van der Waals surface area contributed by atoms with Crippen molar-refractivity contribution in [2.75, 3.05) is 23.9 Å².